The molecule has 0 radical (unpaired) electrons. The molecule has 18 heavy (non-hydrogen) atoms. The van der Waals surface area contributed by atoms with Crippen molar-refractivity contribution in [1.82, 2.24) is 19.9 Å². The molecule has 2 N–H and O–H groups in total. The van der Waals surface area contributed by atoms with Gasteiger partial charge in [0.2, 0.25) is 0 Å². The molecular formula is C12H8N4O2. The van der Waals surface area contributed by atoms with E-state index in [1.807, 2.05) is 30.3 Å². The van der Waals surface area contributed by atoms with E-state index < -0.39 is 11.2 Å². The molecule has 0 fully saturated rings. The second-order valence-corrected chi connectivity index (χ2v) is 3.73. The van der Waals surface area contributed by atoms with E-state index in [1.54, 1.807) is 0 Å². The molecular weight excluding hydrogens is 232 g/mol. The van der Waals surface area contributed by atoms with Gasteiger partial charge >= 0.3 is 5.69 Å². The van der Waals surface area contributed by atoms with E-state index in [1.165, 1.54) is 6.20 Å². The van der Waals surface area contributed by atoms with Gasteiger partial charge in [-0.15, -0.1) is 0 Å². The number of hydrogen-bond donors (Lipinski definition) is 2. The molecule has 6 nitrogen and oxygen atoms in total. The summed E-state index contributed by atoms with van der Waals surface area (Å²) in [6.07, 6.45) is 1.51. The first-order valence-corrected chi connectivity index (χ1v) is 5.29. The van der Waals surface area contributed by atoms with Gasteiger partial charge in [-0.05, 0) is 0 Å². The lowest BCUT2D eigenvalue weighted by Crippen LogP contribution is -2.23. The number of H-pyrrole nitrogens is 2. The van der Waals surface area contributed by atoms with Crippen molar-refractivity contribution in [3.8, 4) is 11.3 Å². The van der Waals surface area contributed by atoms with E-state index >= 15 is 0 Å². The monoisotopic (exact) mass is 240 g/mol. The quantitative estimate of drug-likeness (QED) is 0.654. The van der Waals surface area contributed by atoms with E-state index in [9.17, 15) is 9.59 Å². The van der Waals surface area contributed by atoms with Gasteiger partial charge in [0.1, 0.15) is 0 Å². The number of aromatic amines is 2. The number of nitrogens with one attached hydrogen (secondary N) is 2. The summed E-state index contributed by atoms with van der Waals surface area (Å²) in [5.41, 5.74) is 0.643. The Hall–Kier alpha value is -2.76. The van der Waals surface area contributed by atoms with Crippen molar-refractivity contribution < 1.29 is 0 Å². The average Bonchev–Trinajstić information content (AvgIpc) is 2.39. The normalized spacial score (nSPS) is 10.7. The van der Waals surface area contributed by atoms with Crippen LogP contribution in [0, 0.1) is 0 Å². The Kier molecular flexibility index (Phi) is 2.26. The molecule has 0 saturated heterocycles. The molecule has 0 bridgehead atoms. The van der Waals surface area contributed by atoms with Crippen molar-refractivity contribution in [2.24, 2.45) is 0 Å². The Morgan fingerprint density at radius 3 is 2.56 bits per heavy atom. The topological polar surface area (TPSA) is 91.5 Å². The third-order valence-electron chi connectivity index (χ3n) is 2.52. The highest BCUT2D eigenvalue weighted by atomic mass is 16.2. The third kappa shape index (κ3) is 1.69. The van der Waals surface area contributed by atoms with Gasteiger partial charge in [-0.1, -0.05) is 30.3 Å². The highest BCUT2D eigenvalue weighted by Gasteiger charge is 2.06. The predicted octanol–water partition coefficient (Wildman–Crippen LogP) is 0.673. The molecule has 0 amide bonds. The van der Waals surface area contributed by atoms with Crippen LogP contribution in [0.3, 0.4) is 0 Å². The van der Waals surface area contributed by atoms with Gasteiger partial charge < -0.3 is 0 Å². The van der Waals surface area contributed by atoms with Crippen molar-refractivity contribution in [2.75, 3.05) is 0 Å². The zero-order valence-electron chi connectivity index (χ0n) is 9.18. The number of benzene rings is 1. The fourth-order valence-corrected chi connectivity index (χ4v) is 1.69. The Bertz CT molecular complexity index is 821. The van der Waals surface area contributed by atoms with Crippen molar-refractivity contribution >= 4 is 11.2 Å². The zero-order valence-corrected chi connectivity index (χ0v) is 9.18. The lowest BCUT2D eigenvalue weighted by Gasteiger charge is -2.01. The fourth-order valence-electron chi connectivity index (χ4n) is 1.69. The van der Waals surface area contributed by atoms with Gasteiger partial charge in [0.05, 0.1) is 11.9 Å². The second-order valence-electron chi connectivity index (χ2n) is 3.73. The van der Waals surface area contributed by atoms with Crippen LogP contribution in [0.1, 0.15) is 0 Å². The molecule has 0 aliphatic rings. The number of fused-ring (bicyclic) bond motifs is 1. The molecule has 0 aliphatic heterocycles. The summed E-state index contributed by atoms with van der Waals surface area (Å²) in [4.78, 5) is 35.5. The molecule has 1 aromatic carbocycles. The minimum Gasteiger partial charge on any atom is -0.290 e. The lowest BCUT2D eigenvalue weighted by atomic mass is 10.2. The molecule has 6 heteroatoms. The zero-order chi connectivity index (χ0) is 12.5. The molecule has 88 valence electrons. The first-order chi connectivity index (χ1) is 8.74. The highest BCUT2D eigenvalue weighted by Crippen LogP contribution is 2.15. The van der Waals surface area contributed by atoms with Crippen molar-refractivity contribution in [2.45, 2.75) is 0 Å². The predicted molar refractivity (Wildman–Crippen MR) is 66.2 cm³/mol. The van der Waals surface area contributed by atoms with Gasteiger partial charge in [0, 0.05) is 5.56 Å². The molecule has 0 saturated carbocycles. The maximum absolute atomic E-state index is 11.5. The van der Waals surface area contributed by atoms with Crippen molar-refractivity contribution in [3.63, 3.8) is 0 Å². The van der Waals surface area contributed by atoms with Gasteiger partial charge in [-0.2, -0.15) is 0 Å². The van der Waals surface area contributed by atoms with Crippen LogP contribution in [0.2, 0.25) is 0 Å². The lowest BCUT2D eigenvalue weighted by molar-refractivity contribution is 1.04. The molecule has 2 aromatic heterocycles. The Balaban J connectivity index is 2.29. The van der Waals surface area contributed by atoms with Crippen molar-refractivity contribution in [3.05, 3.63) is 57.4 Å². The average molecular weight is 240 g/mol. The Morgan fingerprint density at radius 2 is 1.78 bits per heavy atom. The van der Waals surface area contributed by atoms with Crippen LogP contribution < -0.4 is 11.2 Å². The number of nitrogens with zero attached hydrogens (tertiary/aromatic N) is 2. The molecule has 2 heterocycles. The SMILES string of the molecule is O=c1[nH]c(=O)c2ncc(-c3ccccc3)nc2[nH]1. The van der Waals surface area contributed by atoms with Gasteiger partial charge in [-0.3, -0.25) is 14.8 Å². The van der Waals surface area contributed by atoms with E-state index in [2.05, 4.69) is 19.9 Å². The Morgan fingerprint density at radius 1 is 1.00 bits per heavy atom. The largest absolute Gasteiger partial charge is 0.327 e. The van der Waals surface area contributed by atoms with E-state index in [4.69, 9.17) is 0 Å². The molecule has 0 spiro atoms. The Labute approximate surface area is 100 Å². The molecule has 0 aliphatic carbocycles. The molecule has 3 aromatic rings. The smallest absolute Gasteiger partial charge is 0.290 e. The number of rotatable bonds is 1. The summed E-state index contributed by atoms with van der Waals surface area (Å²) >= 11 is 0. The van der Waals surface area contributed by atoms with E-state index in [-0.39, 0.29) is 11.2 Å². The summed E-state index contributed by atoms with van der Waals surface area (Å²) < 4.78 is 0. The molecule has 0 unspecified atom stereocenters. The summed E-state index contributed by atoms with van der Waals surface area (Å²) in [5, 5.41) is 0. The minimum absolute atomic E-state index is 0.120. The maximum Gasteiger partial charge on any atom is 0.327 e. The summed E-state index contributed by atoms with van der Waals surface area (Å²) in [5.74, 6) is 0. The van der Waals surface area contributed by atoms with Crippen LogP contribution >= 0.6 is 0 Å². The molecule has 3 rings (SSSR count). The summed E-state index contributed by atoms with van der Waals surface area (Å²) in [6.45, 7) is 0. The van der Waals surface area contributed by atoms with E-state index in [0.29, 0.717) is 5.69 Å². The number of hydrogen-bond acceptors (Lipinski definition) is 4. The van der Waals surface area contributed by atoms with Crippen LogP contribution in [0.5, 0.6) is 0 Å². The standard InChI is InChI=1S/C12H8N4O2/c17-11-9-10(15-12(18)16-11)14-8(6-13-9)7-4-2-1-3-5-7/h1-6H,(H2,14,15,16,17,18). The highest BCUT2D eigenvalue weighted by molar-refractivity contribution is 5.71. The fraction of sp³-hybridized carbons (Fsp3) is 0. The van der Waals surface area contributed by atoms with Crippen LogP contribution in [-0.4, -0.2) is 19.9 Å². The van der Waals surface area contributed by atoms with Crippen LogP contribution in [0.25, 0.3) is 22.4 Å². The van der Waals surface area contributed by atoms with Crippen molar-refractivity contribution in [1.29, 1.82) is 0 Å². The van der Waals surface area contributed by atoms with Gasteiger partial charge in [-0.25, -0.2) is 14.8 Å². The van der Waals surface area contributed by atoms with Gasteiger partial charge in [0.25, 0.3) is 5.56 Å². The number of aromatic nitrogens is 4. The first kappa shape index (κ1) is 10.4. The summed E-state index contributed by atoms with van der Waals surface area (Å²) in [7, 11) is 0. The maximum atomic E-state index is 11.5. The van der Waals surface area contributed by atoms with Crippen LogP contribution in [0.15, 0.2) is 46.1 Å². The second kappa shape index (κ2) is 3.92. The first-order valence-electron chi connectivity index (χ1n) is 5.29. The summed E-state index contributed by atoms with van der Waals surface area (Å²) in [6, 6.07) is 9.40. The van der Waals surface area contributed by atoms with Crippen LogP contribution in [0.4, 0.5) is 0 Å². The van der Waals surface area contributed by atoms with Crippen LogP contribution in [-0.2, 0) is 0 Å². The van der Waals surface area contributed by atoms with Gasteiger partial charge in [0.15, 0.2) is 11.2 Å². The molecule has 0 atom stereocenters. The minimum atomic E-state index is -0.591. The van der Waals surface area contributed by atoms with E-state index in [0.717, 1.165) is 5.56 Å². The third-order valence-corrected chi connectivity index (χ3v) is 2.52.